The van der Waals surface area contributed by atoms with Crippen molar-refractivity contribution >= 4 is 22.8 Å². The van der Waals surface area contributed by atoms with Crippen LogP contribution in [0.4, 0.5) is 5.82 Å². The zero-order valence-electron chi connectivity index (χ0n) is 18.0. The van der Waals surface area contributed by atoms with E-state index < -0.39 is 0 Å². The lowest BCUT2D eigenvalue weighted by Crippen LogP contribution is -2.38. The number of rotatable bonds is 5. The minimum absolute atomic E-state index is 0.0323. The Hall–Kier alpha value is -3.23. The van der Waals surface area contributed by atoms with Gasteiger partial charge in [0.05, 0.1) is 23.8 Å². The number of piperidine rings is 1. The Labute approximate surface area is 180 Å². The maximum atomic E-state index is 13.5. The second-order valence-corrected chi connectivity index (χ2v) is 8.69. The molecule has 2 aliphatic rings. The van der Waals surface area contributed by atoms with Gasteiger partial charge < -0.3 is 19.4 Å². The average Bonchev–Trinajstić information content (AvgIpc) is 3.41. The molecule has 0 radical (unpaired) electrons. The van der Waals surface area contributed by atoms with Crippen molar-refractivity contribution in [2.75, 3.05) is 25.5 Å². The van der Waals surface area contributed by atoms with Gasteiger partial charge in [0.15, 0.2) is 0 Å². The fourth-order valence-corrected chi connectivity index (χ4v) is 4.19. The predicted molar refractivity (Wildman–Crippen MR) is 114 cm³/mol. The molecule has 1 saturated heterocycles. The highest BCUT2D eigenvalue weighted by Crippen LogP contribution is 2.40. The standard InChI is InChI=1S/C22H26N6O3/c1-13-17(18-19(25-22(2)8-9-22)23-12-24-20(18)31-13)21(29)28-10-6-14(7-11-28)15-4-5-16(30-3)27-26-15/h4-5,12,14H,6-11H2,1-3H3,(H,23,24,25). The fourth-order valence-electron chi connectivity index (χ4n) is 4.19. The molecule has 1 amide bonds. The SMILES string of the molecule is COc1ccc(C2CCN(C(=O)c3c(C)oc4ncnc(NC5(C)CC5)c34)CC2)nn1. The van der Waals surface area contributed by atoms with Crippen LogP contribution in [0.3, 0.4) is 0 Å². The molecule has 1 aliphatic heterocycles. The number of methoxy groups -OCH3 is 1. The van der Waals surface area contributed by atoms with E-state index in [4.69, 9.17) is 9.15 Å². The Bertz CT molecular complexity index is 1110. The van der Waals surface area contributed by atoms with E-state index in [0.29, 0.717) is 47.2 Å². The van der Waals surface area contributed by atoms with Crippen molar-refractivity contribution in [2.24, 2.45) is 0 Å². The summed E-state index contributed by atoms with van der Waals surface area (Å²) in [5, 5.41) is 12.5. The molecule has 2 fully saturated rings. The number of carbonyl (C=O) groups excluding carboxylic acids is 1. The van der Waals surface area contributed by atoms with Gasteiger partial charge in [-0.25, -0.2) is 9.97 Å². The number of aryl methyl sites for hydroxylation is 1. The van der Waals surface area contributed by atoms with Gasteiger partial charge in [0, 0.05) is 30.6 Å². The molecule has 0 unspecified atom stereocenters. The van der Waals surface area contributed by atoms with Crippen molar-refractivity contribution in [3.05, 3.63) is 35.5 Å². The summed E-state index contributed by atoms with van der Waals surface area (Å²) in [6, 6.07) is 3.78. The van der Waals surface area contributed by atoms with Crippen LogP contribution in [0.5, 0.6) is 5.88 Å². The number of aromatic nitrogens is 4. The third kappa shape index (κ3) is 3.68. The van der Waals surface area contributed by atoms with E-state index in [2.05, 4.69) is 32.4 Å². The van der Waals surface area contributed by atoms with Gasteiger partial charge in [0.25, 0.3) is 5.91 Å². The van der Waals surface area contributed by atoms with Crippen LogP contribution < -0.4 is 10.1 Å². The lowest BCUT2D eigenvalue weighted by Gasteiger charge is -2.31. The van der Waals surface area contributed by atoms with Gasteiger partial charge in [0.2, 0.25) is 11.6 Å². The topological polar surface area (TPSA) is 106 Å². The number of furan rings is 1. The summed E-state index contributed by atoms with van der Waals surface area (Å²) in [5.74, 6) is 2.00. The van der Waals surface area contributed by atoms with Crippen LogP contribution in [-0.4, -0.2) is 56.7 Å². The van der Waals surface area contributed by atoms with Crippen molar-refractivity contribution in [3.63, 3.8) is 0 Å². The second-order valence-electron chi connectivity index (χ2n) is 8.69. The first-order valence-electron chi connectivity index (χ1n) is 10.7. The van der Waals surface area contributed by atoms with Crippen molar-refractivity contribution in [2.45, 2.75) is 51.0 Å². The highest BCUT2D eigenvalue weighted by molar-refractivity contribution is 6.10. The summed E-state index contributed by atoms with van der Waals surface area (Å²) in [5.41, 5.74) is 1.98. The molecule has 1 aliphatic carbocycles. The molecule has 0 bridgehead atoms. The summed E-state index contributed by atoms with van der Waals surface area (Å²) < 4.78 is 10.9. The molecule has 3 aromatic heterocycles. The van der Waals surface area contributed by atoms with Gasteiger partial charge in [0.1, 0.15) is 17.9 Å². The molecule has 0 spiro atoms. The Morgan fingerprint density at radius 3 is 2.65 bits per heavy atom. The molecule has 31 heavy (non-hydrogen) atoms. The number of fused-ring (bicyclic) bond motifs is 1. The third-order valence-electron chi connectivity index (χ3n) is 6.37. The smallest absolute Gasteiger partial charge is 0.258 e. The van der Waals surface area contributed by atoms with Gasteiger partial charge >= 0.3 is 0 Å². The minimum atomic E-state index is -0.0330. The lowest BCUT2D eigenvalue weighted by atomic mass is 9.93. The molecular formula is C22H26N6O3. The first kappa shape index (κ1) is 19.7. The number of hydrogen-bond donors (Lipinski definition) is 1. The molecule has 0 aromatic carbocycles. The molecule has 162 valence electrons. The molecule has 9 nitrogen and oxygen atoms in total. The van der Waals surface area contributed by atoms with E-state index in [1.54, 1.807) is 7.11 Å². The molecule has 1 saturated carbocycles. The molecule has 9 heteroatoms. The predicted octanol–water partition coefficient (Wildman–Crippen LogP) is 3.31. The Morgan fingerprint density at radius 1 is 1.23 bits per heavy atom. The average molecular weight is 422 g/mol. The van der Waals surface area contributed by atoms with E-state index >= 15 is 0 Å². The van der Waals surface area contributed by atoms with Crippen LogP contribution in [-0.2, 0) is 0 Å². The van der Waals surface area contributed by atoms with Crippen molar-refractivity contribution in [1.82, 2.24) is 25.1 Å². The number of anilines is 1. The number of hydrogen-bond acceptors (Lipinski definition) is 8. The normalized spacial score (nSPS) is 18.2. The van der Waals surface area contributed by atoms with E-state index in [1.807, 2.05) is 24.0 Å². The van der Waals surface area contributed by atoms with Gasteiger partial charge in [-0.15, -0.1) is 5.10 Å². The molecular weight excluding hydrogens is 396 g/mol. The number of nitrogens with one attached hydrogen (secondary N) is 1. The Balaban J connectivity index is 1.36. The van der Waals surface area contributed by atoms with Crippen LogP contribution in [0, 0.1) is 6.92 Å². The first-order chi connectivity index (χ1) is 15.0. The van der Waals surface area contributed by atoms with E-state index in [-0.39, 0.29) is 17.4 Å². The molecule has 1 N–H and O–H groups in total. The van der Waals surface area contributed by atoms with Crippen molar-refractivity contribution in [1.29, 1.82) is 0 Å². The lowest BCUT2D eigenvalue weighted by molar-refractivity contribution is 0.0712. The molecule has 3 aromatic rings. The Morgan fingerprint density at radius 2 is 2.00 bits per heavy atom. The second kappa shape index (κ2) is 7.47. The number of likely N-dealkylation sites (tertiary alicyclic amines) is 1. The quantitative estimate of drug-likeness (QED) is 0.667. The highest BCUT2D eigenvalue weighted by atomic mass is 16.5. The van der Waals surface area contributed by atoms with Crippen LogP contribution in [0.15, 0.2) is 22.9 Å². The van der Waals surface area contributed by atoms with Gasteiger partial charge in [-0.2, -0.15) is 5.10 Å². The highest BCUT2D eigenvalue weighted by Gasteiger charge is 2.39. The fraction of sp³-hybridized carbons (Fsp3) is 0.500. The van der Waals surface area contributed by atoms with Crippen LogP contribution in [0.2, 0.25) is 0 Å². The summed E-state index contributed by atoms with van der Waals surface area (Å²) in [6.07, 6.45) is 5.32. The van der Waals surface area contributed by atoms with Crippen LogP contribution in [0.1, 0.15) is 60.3 Å². The number of ether oxygens (including phenoxy) is 1. The number of nitrogens with zero attached hydrogens (tertiary/aromatic N) is 5. The maximum absolute atomic E-state index is 13.5. The van der Waals surface area contributed by atoms with Crippen LogP contribution >= 0.6 is 0 Å². The van der Waals surface area contributed by atoms with Gasteiger partial charge in [-0.05, 0) is 45.6 Å². The molecule has 0 atom stereocenters. The minimum Gasteiger partial charge on any atom is -0.480 e. The zero-order valence-corrected chi connectivity index (χ0v) is 18.0. The maximum Gasteiger partial charge on any atom is 0.258 e. The van der Waals surface area contributed by atoms with E-state index in [0.717, 1.165) is 31.4 Å². The molecule has 4 heterocycles. The molecule has 5 rings (SSSR count). The first-order valence-corrected chi connectivity index (χ1v) is 10.7. The summed E-state index contributed by atoms with van der Waals surface area (Å²) >= 11 is 0. The summed E-state index contributed by atoms with van der Waals surface area (Å²) in [6.45, 7) is 5.27. The summed E-state index contributed by atoms with van der Waals surface area (Å²) in [7, 11) is 1.58. The van der Waals surface area contributed by atoms with E-state index in [9.17, 15) is 4.79 Å². The Kier molecular flexibility index (Phi) is 4.75. The monoisotopic (exact) mass is 422 g/mol. The van der Waals surface area contributed by atoms with E-state index in [1.165, 1.54) is 6.33 Å². The van der Waals surface area contributed by atoms with Gasteiger partial charge in [-0.3, -0.25) is 4.79 Å². The van der Waals surface area contributed by atoms with Crippen LogP contribution in [0.25, 0.3) is 11.1 Å². The largest absolute Gasteiger partial charge is 0.480 e. The number of amides is 1. The summed E-state index contributed by atoms with van der Waals surface area (Å²) in [4.78, 5) is 24.1. The number of carbonyl (C=O) groups is 1. The van der Waals surface area contributed by atoms with Crippen molar-refractivity contribution < 1.29 is 13.9 Å². The zero-order chi connectivity index (χ0) is 21.6. The third-order valence-corrected chi connectivity index (χ3v) is 6.37. The van der Waals surface area contributed by atoms with Crippen molar-refractivity contribution in [3.8, 4) is 5.88 Å². The van der Waals surface area contributed by atoms with Gasteiger partial charge in [-0.1, -0.05) is 0 Å².